The van der Waals surface area contributed by atoms with Gasteiger partial charge in [0.05, 0.1) is 11.8 Å². The molecule has 1 unspecified atom stereocenters. The molecule has 1 aliphatic carbocycles. The minimum absolute atomic E-state index is 0.0587. The Balaban J connectivity index is 2.53. The van der Waals surface area contributed by atoms with E-state index in [9.17, 15) is 14.4 Å². The van der Waals surface area contributed by atoms with Gasteiger partial charge in [0.15, 0.2) is 0 Å². The maximum atomic E-state index is 11.9. The van der Waals surface area contributed by atoms with Crippen molar-refractivity contribution in [1.82, 2.24) is 5.32 Å². The maximum Gasteiger partial charge on any atom is 0.311 e. The summed E-state index contributed by atoms with van der Waals surface area (Å²) in [7, 11) is 0. The Morgan fingerprint density at radius 3 is 2.21 bits per heavy atom. The lowest BCUT2D eigenvalue weighted by molar-refractivity contribution is -0.154. The highest BCUT2D eigenvalue weighted by atomic mass is 16.4. The van der Waals surface area contributed by atoms with E-state index >= 15 is 0 Å². The van der Waals surface area contributed by atoms with Gasteiger partial charge < -0.3 is 15.5 Å². The van der Waals surface area contributed by atoms with Crippen molar-refractivity contribution in [2.75, 3.05) is 6.54 Å². The second-order valence-corrected chi connectivity index (χ2v) is 5.49. The van der Waals surface area contributed by atoms with Gasteiger partial charge in [-0.25, -0.2) is 0 Å². The summed E-state index contributed by atoms with van der Waals surface area (Å²) >= 11 is 0. The van der Waals surface area contributed by atoms with Crippen molar-refractivity contribution in [3.8, 4) is 0 Å². The molecule has 3 N–H and O–H groups in total. The van der Waals surface area contributed by atoms with Crippen molar-refractivity contribution >= 4 is 17.8 Å². The number of carbonyl (C=O) groups excluding carboxylic acids is 1. The van der Waals surface area contributed by atoms with Crippen LogP contribution in [-0.2, 0) is 14.4 Å². The van der Waals surface area contributed by atoms with Gasteiger partial charge in [0.25, 0.3) is 0 Å². The van der Waals surface area contributed by atoms with E-state index in [4.69, 9.17) is 10.2 Å². The van der Waals surface area contributed by atoms with Crippen LogP contribution in [0.3, 0.4) is 0 Å². The molecule has 0 radical (unpaired) electrons. The van der Waals surface area contributed by atoms with Crippen molar-refractivity contribution in [2.24, 2.45) is 11.3 Å². The Morgan fingerprint density at radius 1 is 1.16 bits per heavy atom. The Kier molecular flexibility index (Phi) is 5.32. The number of carbonyl (C=O) groups is 3. The number of carboxylic acid groups (broad SMARTS) is 2. The topological polar surface area (TPSA) is 104 Å². The van der Waals surface area contributed by atoms with Crippen LogP contribution in [0.25, 0.3) is 0 Å². The first-order valence-corrected chi connectivity index (χ1v) is 6.58. The molecule has 1 rings (SSSR count). The lowest BCUT2D eigenvalue weighted by atomic mass is 9.85. The standard InChI is InChI=1S/C13H21NO5/c1-13(12(18)19,7-10(15)16)8-14-11(17)9-5-3-2-4-6-9/h9H,2-8H2,1H3,(H,14,17)(H,15,16)(H,18,19). The third kappa shape index (κ3) is 4.54. The van der Waals surface area contributed by atoms with E-state index in [1.54, 1.807) is 0 Å². The second kappa shape index (κ2) is 6.54. The zero-order valence-corrected chi connectivity index (χ0v) is 11.1. The zero-order valence-electron chi connectivity index (χ0n) is 11.1. The van der Waals surface area contributed by atoms with Crippen LogP contribution in [0, 0.1) is 11.3 Å². The molecule has 1 atom stereocenters. The molecule has 0 bridgehead atoms. The predicted octanol–water partition coefficient (Wildman–Crippen LogP) is 1.25. The molecule has 6 heteroatoms. The van der Waals surface area contributed by atoms with E-state index in [0.29, 0.717) is 0 Å². The fourth-order valence-corrected chi connectivity index (χ4v) is 2.34. The highest BCUT2D eigenvalue weighted by molar-refractivity contribution is 5.83. The van der Waals surface area contributed by atoms with Crippen LogP contribution >= 0.6 is 0 Å². The van der Waals surface area contributed by atoms with Gasteiger partial charge in [0, 0.05) is 12.5 Å². The number of carboxylic acids is 2. The quantitative estimate of drug-likeness (QED) is 0.674. The molecule has 1 amide bonds. The number of aliphatic carboxylic acids is 2. The number of hydrogen-bond donors (Lipinski definition) is 3. The van der Waals surface area contributed by atoms with E-state index < -0.39 is 23.8 Å². The molecule has 0 aromatic rings. The van der Waals surface area contributed by atoms with E-state index in [2.05, 4.69) is 5.32 Å². The third-order valence-electron chi connectivity index (χ3n) is 3.69. The maximum absolute atomic E-state index is 11.9. The molecular weight excluding hydrogens is 250 g/mol. The molecule has 108 valence electrons. The van der Waals surface area contributed by atoms with E-state index in [1.165, 1.54) is 6.92 Å². The van der Waals surface area contributed by atoms with Crippen LogP contribution < -0.4 is 5.32 Å². The molecule has 0 saturated heterocycles. The van der Waals surface area contributed by atoms with Crippen LogP contribution in [0.15, 0.2) is 0 Å². The normalized spacial score (nSPS) is 19.4. The molecule has 1 saturated carbocycles. The predicted molar refractivity (Wildman–Crippen MR) is 67.6 cm³/mol. The summed E-state index contributed by atoms with van der Waals surface area (Å²) in [6.45, 7) is 1.19. The lowest BCUT2D eigenvalue weighted by Crippen LogP contribution is -2.44. The summed E-state index contributed by atoms with van der Waals surface area (Å²) in [5, 5.41) is 20.4. The van der Waals surface area contributed by atoms with E-state index in [0.717, 1.165) is 32.1 Å². The molecule has 0 aliphatic heterocycles. The first kappa shape index (κ1) is 15.5. The average Bonchev–Trinajstić information content (AvgIpc) is 2.36. The van der Waals surface area contributed by atoms with Gasteiger partial charge in [-0.15, -0.1) is 0 Å². The SMILES string of the molecule is CC(CNC(=O)C1CCCCC1)(CC(=O)O)C(=O)O. The fourth-order valence-electron chi connectivity index (χ4n) is 2.34. The zero-order chi connectivity index (χ0) is 14.5. The van der Waals surface area contributed by atoms with Crippen LogP contribution in [0.5, 0.6) is 0 Å². The Hall–Kier alpha value is -1.59. The van der Waals surface area contributed by atoms with E-state index in [1.807, 2.05) is 0 Å². The van der Waals surface area contributed by atoms with Gasteiger partial charge in [-0.2, -0.15) is 0 Å². The summed E-state index contributed by atoms with van der Waals surface area (Å²) < 4.78 is 0. The minimum atomic E-state index is -1.46. The van der Waals surface area contributed by atoms with Crippen LogP contribution in [-0.4, -0.2) is 34.6 Å². The van der Waals surface area contributed by atoms with Crippen molar-refractivity contribution in [2.45, 2.75) is 45.4 Å². The molecule has 1 aliphatic rings. The van der Waals surface area contributed by atoms with Gasteiger partial charge in [-0.1, -0.05) is 19.3 Å². The van der Waals surface area contributed by atoms with Crippen molar-refractivity contribution in [1.29, 1.82) is 0 Å². The van der Waals surface area contributed by atoms with Crippen molar-refractivity contribution in [3.05, 3.63) is 0 Å². The highest BCUT2D eigenvalue weighted by Crippen LogP contribution is 2.25. The smallest absolute Gasteiger partial charge is 0.311 e. The first-order valence-electron chi connectivity index (χ1n) is 6.58. The number of hydrogen-bond acceptors (Lipinski definition) is 3. The highest BCUT2D eigenvalue weighted by Gasteiger charge is 2.36. The molecule has 0 heterocycles. The van der Waals surface area contributed by atoms with Gasteiger partial charge in [0.1, 0.15) is 0 Å². The minimum Gasteiger partial charge on any atom is -0.481 e. The molecular formula is C13H21NO5. The summed E-state index contributed by atoms with van der Waals surface area (Å²) in [4.78, 5) is 33.7. The number of rotatable bonds is 6. The Labute approximate surface area is 112 Å². The molecule has 6 nitrogen and oxygen atoms in total. The van der Waals surface area contributed by atoms with Crippen molar-refractivity contribution in [3.63, 3.8) is 0 Å². The van der Waals surface area contributed by atoms with Gasteiger partial charge >= 0.3 is 11.9 Å². The van der Waals surface area contributed by atoms with Gasteiger partial charge in [0.2, 0.25) is 5.91 Å². The molecule has 1 fully saturated rings. The van der Waals surface area contributed by atoms with Crippen LogP contribution in [0.2, 0.25) is 0 Å². The van der Waals surface area contributed by atoms with Crippen molar-refractivity contribution < 1.29 is 24.6 Å². The largest absolute Gasteiger partial charge is 0.481 e. The van der Waals surface area contributed by atoms with Crippen LogP contribution in [0.1, 0.15) is 45.4 Å². The second-order valence-electron chi connectivity index (χ2n) is 5.49. The molecule has 19 heavy (non-hydrogen) atoms. The van der Waals surface area contributed by atoms with Gasteiger partial charge in [-0.05, 0) is 19.8 Å². The lowest BCUT2D eigenvalue weighted by Gasteiger charge is -2.26. The summed E-state index contributed by atoms with van der Waals surface area (Å²) in [6, 6.07) is 0. The monoisotopic (exact) mass is 271 g/mol. The summed E-state index contributed by atoms with van der Waals surface area (Å²) in [5.41, 5.74) is -1.46. The van der Waals surface area contributed by atoms with Crippen LogP contribution in [0.4, 0.5) is 0 Å². The average molecular weight is 271 g/mol. The number of nitrogens with one attached hydrogen (secondary N) is 1. The van der Waals surface area contributed by atoms with Gasteiger partial charge in [-0.3, -0.25) is 14.4 Å². The number of amides is 1. The third-order valence-corrected chi connectivity index (χ3v) is 3.69. The first-order chi connectivity index (χ1) is 8.85. The summed E-state index contributed by atoms with van der Waals surface area (Å²) in [6.07, 6.45) is 4.32. The molecule has 0 aromatic carbocycles. The Bertz CT molecular complexity index is 362. The molecule has 0 aromatic heterocycles. The molecule has 0 spiro atoms. The fraction of sp³-hybridized carbons (Fsp3) is 0.769. The van der Waals surface area contributed by atoms with E-state index in [-0.39, 0.29) is 18.4 Å². The Morgan fingerprint density at radius 2 is 1.74 bits per heavy atom. The summed E-state index contributed by atoms with van der Waals surface area (Å²) in [5.74, 6) is -2.61.